The van der Waals surface area contributed by atoms with Gasteiger partial charge in [-0.05, 0) is 25.8 Å². The van der Waals surface area contributed by atoms with Crippen molar-refractivity contribution in [3.05, 3.63) is 0 Å². The Hall–Kier alpha value is -0.180. The summed E-state index contributed by atoms with van der Waals surface area (Å²) in [7, 11) is 1.80. The summed E-state index contributed by atoms with van der Waals surface area (Å²) < 4.78 is 24.7. The Labute approximate surface area is 72.7 Å². The molecule has 0 aromatic carbocycles. The molecule has 0 atom stereocenters. The van der Waals surface area contributed by atoms with Gasteiger partial charge in [0.05, 0.1) is 5.54 Å². The molecule has 1 nitrogen and oxygen atoms in total. The lowest BCUT2D eigenvalue weighted by atomic mass is 9.73. The highest BCUT2D eigenvalue weighted by Gasteiger charge is 2.59. The number of alkyl halides is 2. The fourth-order valence-corrected chi connectivity index (χ4v) is 2.29. The van der Waals surface area contributed by atoms with Crippen molar-refractivity contribution in [2.75, 3.05) is 13.6 Å². The number of fused-ring (bicyclic) bond motifs is 1. The van der Waals surface area contributed by atoms with Crippen molar-refractivity contribution in [2.45, 2.75) is 38.7 Å². The van der Waals surface area contributed by atoms with Crippen LogP contribution in [0.25, 0.3) is 0 Å². The Morgan fingerprint density at radius 1 is 1.33 bits per heavy atom. The van der Waals surface area contributed by atoms with E-state index in [0.717, 1.165) is 19.4 Å². The molecule has 72 valence electrons. The van der Waals surface area contributed by atoms with Crippen molar-refractivity contribution < 1.29 is 8.78 Å². The molecule has 3 rings (SSSR count). The minimum atomic E-state index is -2.14. The molecule has 12 heavy (non-hydrogen) atoms. The van der Waals surface area contributed by atoms with Gasteiger partial charge in [0.2, 0.25) is 0 Å². The number of halogens is 2. The molecule has 0 N–H and O–H groups in total. The van der Waals surface area contributed by atoms with E-state index < -0.39 is 12.0 Å². The molecule has 0 radical (unpaired) electrons. The first-order chi connectivity index (χ1) is 5.65. The van der Waals surface area contributed by atoms with Gasteiger partial charge >= 0.3 is 0 Å². The van der Waals surface area contributed by atoms with Crippen LogP contribution in [0.1, 0.15) is 26.7 Å². The largest absolute Gasteiger partial charge is 0.295 e. The first-order valence-electron chi connectivity index (χ1n) is 4.64. The summed E-state index contributed by atoms with van der Waals surface area (Å²) in [5.74, 6) is 0.569. The number of hydrogen-bond acceptors (Lipinski definition) is 1. The second kappa shape index (κ2) is 3.29. The van der Waals surface area contributed by atoms with Crippen molar-refractivity contribution in [3.63, 3.8) is 0 Å². The predicted molar refractivity (Wildman–Crippen MR) is 45.4 cm³/mol. The Bertz CT molecular complexity index is 153. The topological polar surface area (TPSA) is 3.24 Å². The van der Waals surface area contributed by atoms with Crippen LogP contribution in [0, 0.1) is 5.92 Å². The summed E-state index contributed by atoms with van der Waals surface area (Å²) in [5.41, 5.74) is -0.704. The second-order valence-electron chi connectivity index (χ2n) is 3.56. The zero-order chi connectivity index (χ0) is 9.35. The predicted octanol–water partition coefficient (Wildman–Crippen LogP) is 2.37. The molecule has 2 heterocycles. The van der Waals surface area contributed by atoms with Crippen LogP contribution < -0.4 is 0 Å². The molecule has 1 saturated carbocycles. The number of nitrogens with zero attached hydrogens (tertiary/aromatic N) is 1. The van der Waals surface area contributed by atoms with Crippen molar-refractivity contribution in [1.29, 1.82) is 0 Å². The van der Waals surface area contributed by atoms with Crippen LogP contribution >= 0.6 is 0 Å². The highest BCUT2D eigenvalue weighted by atomic mass is 19.3. The van der Waals surface area contributed by atoms with E-state index in [0.29, 0.717) is 5.92 Å². The van der Waals surface area contributed by atoms with Gasteiger partial charge in [-0.1, -0.05) is 13.8 Å². The number of hydrogen-bond donors (Lipinski definition) is 0. The Balaban J connectivity index is 0.000000336. The normalized spacial score (nSPS) is 39.0. The van der Waals surface area contributed by atoms with Gasteiger partial charge in [-0.3, -0.25) is 4.90 Å². The zero-order valence-electron chi connectivity index (χ0n) is 7.98. The summed E-state index contributed by atoms with van der Waals surface area (Å²) in [6.07, 6.45) is -0.696. The highest BCUT2D eigenvalue weighted by Crippen LogP contribution is 2.52. The van der Waals surface area contributed by atoms with Crippen LogP contribution in [-0.4, -0.2) is 30.5 Å². The fourth-order valence-electron chi connectivity index (χ4n) is 2.29. The molecule has 0 spiro atoms. The van der Waals surface area contributed by atoms with E-state index in [1.807, 2.05) is 18.7 Å². The molecule has 3 fully saturated rings. The van der Waals surface area contributed by atoms with E-state index in [1.54, 1.807) is 7.05 Å². The highest BCUT2D eigenvalue weighted by molar-refractivity contribution is 5.10. The van der Waals surface area contributed by atoms with Gasteiger partial charge in [-0.25, -0.2) is 8.78 Å². The number of rotatable bonds is 1. The van der Waals surface area contributed by atoms with Crippen molar-refractivity contribution >= 4 is 0 Å². The molecule has 1 aliphatic carbocycles. The van der Waals surface area contributed by atoms with Crippen LogP contribution in [0.3, 0.4) is 0 Å². The lowest BCUT2D eigenvalue weighted by molar-refractivity contribution is -0.0463. The molecule has 2 aliphatic heterocycles. The average molecular weight is 177 g/mol. The van der Waals surface area contributed by atoms with E-state index in [1.165, 1.54) is 0 Å². The standard InChI is InChI=1S/C7H11F2N.C2H6/c1-10-4-5-2-7(10,3-5)6(8)9;1-2/h5-6H,2-4H2,1H3;1-2H3. The average Bonchev–Trinajstić information content (AvgIpc) is 2.43. The monoisotopic (exact) mass is 177 g/mol. The molecule has 3 heteroatoms. The summed E-state index contributed by atoms with van der Waals surface area (Å²) in [5, 5.41) is 0. The third-order valence-corrected chi connectivity index (χ3v) is 2.98. The van der Waals surface area contributed by atoms with Gasteiger partial charge in [0.15, 0.2) is 0 Å². The molecular formula is C9H17F2N. The van der Waals surface area contributed by atoms with Gasteiger partial charge in [0.1, 0.15) is 0 Å². The van der Waals surface area contributed by atoms with Crippen LogP contribution in [0.15, 0.2) is 0 Å². The molecule has 0 aromatic heterocycles. The smallest absolute Gasteiger partial charge is 0.256 e. The van der Waals surface area contributed by atoms with E-state index in [2.05, 4.69) is 0 Å². The third kappa shape index (κ3) is 1.15. The van der Waals surface area contributed by atoms with Crippen LogP contribution in [0.2, 0.25) is 0 Å². The molecule has 3 aliphatic rings. The Morgan fingerprint density at radius 3 is 2.00 bits per heavy atom. The quantitative estimate of drug-likeness (QED) is 0.594. The lowest BCUT2D eigenvalue weighted by Gasteiger charge is -2.40. The van der Waals surface area contributed by atoms with Gasteiger partial charge in [0.25, 0.3) is 6.43 Å². The molecular weight excluding hydrogens is 160 g/mol. The van der Waals surface area contributed by atoms with E-state index in [-0.39, 0.29) is 0 Å². The van der Waals surface area contributed by atoms with E-state index >= 15 is 0 Å². The lowest BCUT2D eigenvalue weighted by Crippen LogP contribution is -2.50. The van der Waals surface area contributed by atoms with Crippen LogP contribution in [0.4, 0.5) is 8.78 Å². The molecule has 2 bridgehead atoms. The van der Waals surface area contributed by atoms with Gasteiger partial charge in [-0.2, -0.15) is 0 Å². The first-order valence-corrected chi connectivity index (χ1v) is 4.64. The van der Waals surface area contributed by atoms with Crippen molar-refractivity contribution in [2.24, 2.45) is 5.92 Å². The maximum atomic E-state index is 12.4. The molecule has 0 amide bonds. The maximum absolute atomic E-state index is 12.4. The molecule has 0 unspecified atom stereocenters. The first kappa shape index (κ1) is 9.90. The SMILES string of the molecule is CC.CN1CC2CC1(C(F)F)C2. The fraction of sp³-hybridized carbons (Fsp3) is 1.00. The zero-order valence-corrected chi connectivity index (χ0v) is 7.98. The minimum Gasteiger partial charge on any atom is -0.295 e. The summed E-state index contributed by atoms with van der Waals surface area (Å²) in [4.78, 5) is 1.82. The van der Waals surface area contributed by atoms with Gasteiger partial charge in [-0.15, -0.1) is 0 Å². The minimum absolute atomic E-state index is 0.569. The van der Waals surface area contributed by atoms with Gasteiger partial charge < -0.3 is 0 Å². The van der Waals surface area contributed by atoms with Crippen molar-refractivity contribution in [1.82, 2.24) is 4.90 Å². The Kier molecular flexibility index (Phi) is 2.71. The Morgan fingerprint density at radius 2 is 1.83 bits per heavy atom. The summed E-state index contributed by atoms with van der Waals surface area (Å²) >= 11 is 0. The van der Waals surface area contributed by atoms with Crippen molar-refractivity contribution in [3.8, 4) is 0 Å². The van der Waals surface area contributed by atoms with E-state index in [9.17, 15) is 8.78 Å². The molecule has 2 saturated heterocycles. The third-order valence-electron chi connectivity index (χ3n) is 2.98. The summed E-state index contributed by atoms with van der Waals surface area (Å²) in [6.45, 7) is 4.88. The van der Waals surface area contributed by atoms with Crippen LogP contribution in [0.5, 0.6) is 0 Å². The van der Waals surface area contributed by atoms with E-state index in [4.69, 9.17) is 0 Å². The second-order valence-corrected chi connectivity index (χ2v) is 3.56. The van der Waals surface area contributed by atoms with Gasteiger partial charge in [0, 0.05) is 6.54 Å². The van der Waals surface area contributed by atoms with Crippen LogP contribution in [-0.2, 0) is 0 Å². The maximum Gasteiger partial charge on any atom is 0.256 e. The summed E-state index contributed by atoms with van der Waals surface area (Å²) in [6, 6.07) is 0. The molecule has 0 aromatic rings.